The maximum absolute atomic E-state index is 12.5. The van der Waals surface area contributed by atoms with E-state index in [9.17, 15) is 4.79 Å². The van der Waals surface area contributed by atoms with Crippen LogP contribution in [0.5, 0.6) is 0 Å². The van der Waals surface area contributed by atoms with Crippen molar-refractivity contribution in [3.8, 4) is 10.8 Å². The zero-order valence-electron chi connectivity index (χ0n) is 12.9. The third-order valence-electron chi connectivity index (χ3n) is 3.18. The van der Waals surface area contributed by atoms with Gasteiger partial charge in [0.25, 0.3) is 5.89 Å². The molecule has 0 aliphatic carbocycles. The summed E-state index contributed by atoms with van der Waals surface area (Å²) in [6.07, 6.45) is 0. The van der Waals surface area contributed by atoms with Crippen LogP contribution in [0.2, 0.25) is 0 Å². The highest BCUT2D eigenvalue weighted by Crippen LogP contribution is 2.23. The van der Waals surface area contributed by atoms with Crippen LogP contribution in [-0.4, -0.2) is 24.5 Å². The third kappa shape index (κ3) is 2.61. The predicted octanol–water partition coefficient (Wildman–Crippen LogP) is 2.27. The molecule has 0 aromatic carbocycles. The van der Waals surface area contributed by atoms with E-state index >= 15 is 0 Å². The molecule has 3 aromatic rings. The second kappa shape index (κ2) is 5.20. The van der Waals surface area contributed by atoms with Crippen molar-refractivity contribution in [3.63, 3.8) is 0 Å². The fourth-order valence-corrected chi connectivity index (χ4v) is 2.71. The van der Waals surface area contributed by atoms with E-state index in [1.54, 1.807) is 6.92 Å². The number of rotatable bonds is 3. The molecule has 0 aliphatic heterocycles. The Morgan fingerprint density at radius 2 is 2.09 bits per heavy atom. The molecule has 0 N–H and O–H groups in total. The molecule has 0 atom stereocenters. The van der Waals surface area contributed by atoms with Crippen molar-refractivity contribution in [2.24, 2.45) is 0 Å². The van der Waals surface area contributed by atoms with Crippen molar-refractivity contribution < 1.29 is 4.42 Å². The van der Waals surface area contributed by atoms with Crippen molar-refractivity contribution in [1.82, 2.24) is 24.5 Å². The fourth-order valence-electron chi connectivity index (χ4n) is 2.07. The van der Waals surface area contributed by atoms with E-state index in [0.717, 1.165) is 4.88 Å². The van der Waals surface area contributed by atoms with E-state index in [1.807, 2.05) is 38.3 Å². The molecule has 22 heavy (non-hydrogen) atoms. The molecular formula is C14H17N5O2S. The molecule has 3 heterocycles. The number of aromatic nitrogens is 5. The van der Waals surface area contributed by atoms with Gasteiger partial charge in [-0.15, -0.1) is 21.5 Å². The summed E-state index contributed by atoms with van der Waals surface area (Å²) in [5, 5.41) is 14.3. The quantitative estimate of drug-likeness (QED) is 0.740. The molecule has 3 rings (SSSR count). The van der Waals surface area contributed by atoms with Gasteiger partial charge in [-0.2, -0.15) is 5.10 Å². The van der Waals surface area contributed by atoms with Crippen LogP contribution in [0.3, 0.4) is 0 Å². The highest BCUT2D eigenvalue weighted by molar-refractivity contribution is 7.13. The summed E-state index contributed by atoms with van der Waals surface area (Å²) in [6, 6.07) is 3.84. The van der Waals surface area contributed by atoms with Crippen molar-refractivity contribution in [2.75, 3.05) is 0 Å². The largest absolute Gasteiger partial charge is 0.418 e. The summed E-state index contributed by atoms with van der Waals surface area (Å²) >= 11 is 1.53. The molecule has 0 saturated heterocycles. The minimum atomic E-state index is -0.371. The van der Waals surface area contributed by atoms with Crippen molar-refractivity contribution in [2.45, 2.75) is 39.8 Å². The second-order valence-electron chi connectivity index (χ2n) is 5.98. The Kier molecular flexibility index (Phi) is 3.48. The van der Waals surface area contributed by atoms with Gasteiger partial charge < -0.3 is 4.42 Å². The molecule has 3 aromatic heterocycles. The van der Waals surface area contributed by atoms with E-state index in [4.69, 9.17) is 4.42 Å². The van der Waals surface area contributed by atoms with E-state index in [1.165, 1.54) is 20.6 Å². The Hall–Kier alpha value is -2.22. The van der Waals surface area contributed by atoms with Crippen LogP contribution in [-0.2, 0) is 12.1 Å². The van der Waals surface area contributed by atoms with Crippen LogP contribution in [0.4, 0.5) is 0 Å². The SMILES string of the molecule is Cc1nn(C(C)(C)C)c(=O)n1Cc1nnc(-c2cccs2)o1. The smallest absolute Gasteiger partial charge is 0.346 e. The average molecular weight is 319 g/mol. The van der Waals surface area contributed by atoms with Gasteiger partial charge in [0, 0.05) is 0 Å². The van der Waals surface area contributed by atoms with Gasteiger partial charge in [-0.25, -0.2) is 9.48 Å². The zero-order valence-corrected chi connectivity index (χ0v) is 13.7. The monoisotopic (exact) mass is 319 g/mol. The van der Waals surface area contributed by atoms with Gasteiger partial charge in [-0.05, 0) is 39.1 Å². The molecule has 0 bridgehead atoms. The molecule has 0 spiro atoms. The number of thiophene rings is 1. The average Bonchev–Trinajstić information content (AvgIpc) is 3.13. The van der Waals surface area contributed by atoms with Gasteiger partial charge in [0.15, 0.2) is 0 Å². The van der Waals surface area contributed by atoms with E-state index in [2.05, 4.69) is 15.3 Å². The Labute approximate surface area is 131 Å². The van der Waals surface area contributed by atoms with Crippen molar-refractivity contribution >= 4 is 11.3 Å². The normalized spacial score (nSPS) is 12.0. The van der Waals surface area contributed by atoms with Gasteiger partial charge in [-0.1, -0.05) is 6.07 Å². The van der Waals surface area contributed by atoms with E-state index in [0.29, 0.717) is 17.6 Å². The van der Waals surface area contributed by atoms with Gasteiger partial charge in [0.2, 0.25) is 5.89 Å². The predicted molar refractivity (Wildman–Crippen MR) is 82.9 cm³/mol. The maximum Gasteiger partial charge on any atom is 0.346 e. The lowest BCUT2D eigenvalue weighted by atomic mass is 10.1. The first-order chi connectivity index (χ1) is 10.4. The second-order valence-corrected chi connectivity index (χ2v) is 6.92. The molecule has 0 aliphatic rings. The number of hydrogen-bond acceptors (Lipinski definition) is 6. The van der Waals surface area contributed by atoms with Crippen molar-refractivity contribution in [3.05, 3.63) is 39.7 Å². The summed E-state index contributed by atoms with van der Waals surface area (Å²) in [5.74, 6) is 1.48. The molecule has 0 unspecified atom stereocenters. The summed E-state index contributed by atoms with van der Waals surface area (Å²) in [5.41, 5.74) is -0.551. The summed E-state index contributed by atoms with van der Waals surface area (Å²) < 4.78 is 8.64. The minimum absolute atomic E-state index is 0.180. The molecule has 8 heteroatoms. The first-order valence-electron chi connectivity index (χ1n) is 6.89. The van der Waals surface area contributed by atoms with Crippen LogP contribution in [0.25, 0.3) is 10.8 Å². The van der Waals surface area contributed by atoms with Crippen LogP contribution in [0.1, 0.15) is 32.5 Å². The standard InChI is InChI=1S/C14H17N5O2S/c1-9-17-19(14(2,3)4)13(20)18(9)8-11-15-16-12(21-11)10-6-5-7-22-10/h5-7H,8H2,1-4H3. The van der Waals surface area contributed by atoms with Gasteiger partial charge >= 0.3 is 5.69 Å². The van der Waals surface area contributed by atoms with Crippen LogP contribution >= 0.6 is 11.3 Å². The lowest BCUT2D eigenvalue weighted by Crippen LogP contribution is -2.36. The number of aryl methyl sites for hydroxylation is 1. The highest BCUT2D eigenvalue weighted by atomic mass is 32.1. The Bertz CT molecular complexity index is 836. The van der Waals surface area contributed by atoms with Gasteiger partial charge in [0.05, 0.1) is 10.4 Å². The zero-order chi connectivity index (χ0) is 15.9. The maximum atomic E-state index is 12.5. The molecule has 0 fully saturated rings. The lowest BCUT2D eigenvalue weighted by Gasteiger charge is -2.16. The number of nitrogens with zero attached hydrogens (tertiary/aromatic N) is 5. The van der Waals surface area contributed by atoms with E-state index in [-0.39, 0.29) is 17.8 Å². The first-order valence-corrected chi connectivity index (χ1v) is 7.77. The topological polar surface area (TPSA) is 78.7 Å². The fraction of sp³-hybridized carbons (Fsp3) is 0.429. The van der Waals surface area contributed by atoms with Gasteiger partial charge in [0.1, 0.15) is 12.4 Å². The van der Waals surface area contributed by atoms with Crippen molar-refractivity contribution in [1.29, 1.82) is 0 Å². The highest BCUT2D eigenvalue weighted by Gasteiger charge is 2.22. The number of hydrogen-bond donors (Lipinski definition) is 0. The first kappa shape index (κ1) is 14.7. The Balaban J connectivity index is 1.91. The molecule has 116 valence electrons. The molecule has 0 radical (unpaired) electrons. The van der Waals surface area contributed by atoms with E-state index < -0.39 is 0 Å². The molecule has 0 saturated carbocycles. The van der Waals surface area contributed by atoms with Gasteiger partial charge in [-0.3, -0.25) is 4.57 Å². The van der Waals surface area contributed by atoms with Crippen LogP contribution < -0.4 is 5.69 Å². The minimum Gasteiger partial charge on any atom is -0.418 e. The van der Waals surface area contributed by atoms with Crippen LogP contribution in [0.15, 0.2) is 26.7 Å². The Morgan fingerprint density at radius 3 is 2.68 bits per heavy atom. The molecular weight excluding hydrogens is 302 g/mol. The summed E-state index contributed by atoms with van der Waals surface area (Å²) in [6.45, 7) is 7.83. The lowest BCUT2D eigenvalue weighted by molar-refractivity contribution is 0.339. The summed E-state index contributed by atoms with van der Waals surface area (Å²) in [4.78, 5) is 13.4. The molecule has 7 nitrogen and oxygen atoms in total. The van der Waals surface area contributed by atoms with Crippen LogP contribution in [0, 0.1) is 6.92 Å². The summed E-state index contributed by atoms with van der Waals surface area (Å²) in [7, 11) is 0. The molecule has 0 amide bonds. The Morgan fingerprint density at radius 1 is 1.32 bits per heavy atom. The third-order valence-corrected chi connectivity index (χ3v) is 4.03.